The average Bonchev–Trinajstić information content (AvgIpc) is 2.68. The van der Waals surface area contributed by atoms with Crippen molar-refractivity contribution in [3.05, 3.63) is 44.7 Å². The van der Waals surface area contributed by atoms with Crippen LogP contribution in [0.1, 0.15) is 29.8 Å². The van der Waals surface area contributed by atoms with Gasteiger partial charge < -0.3 is 0 Å². The van der Waals surface area contributed by atoms with Crippen molar-refractivity contribution in [3.63, 3.8) is 0 Å². The van der Waals surface area contributed by atoms with Crippen LogP contribution >= 0.6 is 34.1 Å². The van der Waals surface area contributed by atoms with Crippen LogP contribution < -0.4 is 0 Å². The van der Waals surface area contributed by atoms with Gasteiger partial charge in [-0.3, -0.25) is 0 Å². The summed E-state index contributed by atoms with van der Waals surface area (Å²) < 4.78 is 5.08. The number of benzene rings is 1. The topological polar surface area (TPSA) is 25.8 Å². The predicted molar refractivity (Wildman–Crippen MR) is 71.2 cm³/mol. The van der Waals surface area contributed by atoms with Gasteiger partial charge in [0.1, 0.15) is 5.01 Å². The summed E-state index contributed by atoms with van der Waals surface area (Å²) >= 11 is 3.67. The highest BCUT2D eigenvalue weighted by Gasteiger charge is 2.15. The van der Waals surface area contributed by atoms with Crippen LogP contribution in [0.3, 0.4) is 0 Å². The van der Waals surface area contributed by atoms with Crippen molar-refractivity contribution >= 4 is 34.1 Å². The Labute approximate surface area is 107 Å². The third-order valence-electron chi connectivity index (χ3n) is 2.33. The van der Waals surface area contributed by atoms with Gasteiger partial charge in [0.05, 0.1) is 0 Å². The summed E-state index contributed by atoms with van der Waals surface area (Å²) in [5.74, 6) is 0.396. The molecule has 0 fully saturated rings. The first kappa shape index (κ1) is 11.0. The summed E-state index contributed by atoms with van der Waals surface area (Å²) in [5, 5.41) is 1.12. The number of hydrogen-bond acceptors (Lipinski definition) is 3. The molecular weight excluding hydrogens is 319 g/mol. The minimum Gasteiger partial charge on any atom is -0.214 e. The van der Waals surface area contributed by atoms with E-state index in [0.29, 0.717) is 5.92 Å². The highest BCUT2D eigenvalue weighted by Crippen LogP contribution is 2.28. The zero-order chi connectivity index (χ0) is 10.7. The van der Waals surface area contributed by atoms with Crippen LogP contribution in [0.15, 0.2) is 30.3 Å². The van der Waals surface area contributed by atoms with E-state index in [4.69, 9.17) is 0 Å². The molecule has 0 saturated carbocycles. The van der Waals surface area contributed by atoms with Gasteiger partial charge in [-0.25, -0.2) is 4.98 Å². The third-order valence-corrected chi connectivity index (χ3v) is 3.96. The van der Waals surface area contributed by atoms with E-state index in [9.17, 15) is 0 Å². The maximum absolute atomic E-state index is 4.45. The first-order chi connectivity index (χ1) is 7.31. The summed E-state index contributed by atoms with van der Waals surface area (Å²) in [4.78, 5) is 4.45. The Morgan fingerprint density at radius 2 is 2.07 bits per heavy atom. The molecule has 0 saturated heterocycles. The Bertz CT molecular complexity index is 427. The van der Waals surface area contributed by atoms with Gasteiger partial charge in [0, 0.05) is 28.5 Å². The van der Waals surface area contributed by atoms with Gasteiger partial charge in [-0.2, -0.15) is 4.37 Å². The molecule has 1 aromatic heterocycles. The molecule has 1 atom stereocenters. The van der Waals surface area contributed by atoms with Gasteiger partial charge in [0.15, 0.2) is 0 Å². The first-order valence-corrected chi connectivity index (χ1v) is 6.70. The number of halogens is 1. The average molecular weight is 330 g/mol. The maximum Gasteiger partial charge on any atom is 0.203 e. The van der Waals surface area contributed by atoms with Crippen molar-refractivity contribution in [1.29, 1.82) is 0 Å². The number of nitrogens with zero attached hydrogens (tertiary/aromatic N) is 2. The minimum absolute atomic E-state index is 0.396. The van der Waals surface area contributed by atoms with E-state index < -0.39 is 0 Å². The van der Waals surface area contributed by atoms with Gasteiger partial charge >= 0.3 is 0 Å². The molecular formula is C11H11IN2S. The smallest absolute Gasteiger partial charge is 0.203 e. The lowest BCUT2D eigenvalue weighted by Gasteiger charge is -2.10. The largest absolute Gasteiger partial charge is 0.214 e. The maximum atomic E-state index is 4.45. The van der Waals surface area contributed by atoms with Gasteiger partial charge in [-0.15, -0.1) is 0 Å². The Morgan fingerprint density at radius 1 is 1.33 bits per heavy atom. The number of aromatic nitrogens is 2. The molecule has 1 heterocycles. The van der Waals surface area contributed by atoms with Crippen LogP contribution in [-0.2, 0) is 0 Å². The molecule has 0 radical (unpaired) electrons. The molecule has 15 heavy (non-hydrogen) atoms. The van der Waals surface area contributed by atoms with E-state index in [1.54, 1.807) is 0 Å². The van der Waals surface area contributed by atoms with Crippen molar-refractivity contribution < 1.29 is 0 Å². The molecule has 2 nitrogen and oxygen atoms in total. The molecule has 0 aliphatic carbocycles. The van der Waals surface area contributed by atoms with E-state index >= 15 is 0 Å². The van der Waals surface area contributed by atoms with E-state index in [2.05, 4.69) is 63.1 Å². The van der Waals surface area contributed by atoms with Crippen molar-refractivity contribution in [2.45, 2.75) is 19.3 Å². The van der Waals surface area contributed by atoms with Crippen LogP contribution in [0.5, 0.6) is 0 Å². The molecule has 2 rings (SSSR count). The SMILES string of the molecule is CCC(c1ccccc1)c1nc(I)ns1. The Balaban J connectivity index is 2.33. The second-order valence-corrected chi connectivity index (χ2v) is 5.02. The lowest BCUT2D eigenvalue weighted by atomic mass is 9.97. The van der Waals surface area contributed by atoms with Crippen LogP contribution in [0.25, 0.3) is 0 Å². The van der Waals surface area contributed by atoms with E-state index in [0.717, 1.165) is 15.3 Å². The summed E-state index contributed by atoms with van der Waals surface area (Å²) in [6, 6.07) is 10.5. The van der Waals surface area contributed by atoms with Crippen molar-refractivity contribution in [3.8, 4) is 0 Å². The Hall–Kier alpha value is -0.490. The lowest BCUT2D eigenvalue weighted by molar-refractivity contribution is 0.767. The van der Waals surface area contributed by atoms with Gasteiger partial charge in [-0.1, -0.05) is 37.3 Å². The van der Waals surface area contributed by atoms with Crippen LogP contribution in [-0.4, -0.2) is 9.36 Å². The Morgan fingerprint density at radius 3 is 2.60 bits per heavy atom. The molecule has 0 bridgehead atoms. The van der Waals surface area contributed by atoms with Crippen LogP contribution in [0.4, 0.5) is 0 Å². The fourth-order valence-electron chi connectivity index (χ4n) is 1.60. The molecule has 0 spiro atoms. The summed E-state index contributed by atoms with van der Waals surface area (Å²) in [5.41, 5.74) is 1.33. The fourth-order valence-corrected chi connectivity index (χ4v) is 3.08. The van der Waals surface area contributed by atoms with Crippen molar-refractivity contribution in [2.24, 2.45) is 0 Å². The molecule has 0 N–H and O–H groups in total. The minimum atomic E-state index is 0.396. The zero-order valence-electron chi connectivity index (χ0n) is 8.35. The first-order valence-electron chi connectivity index (χ1n) is 4.85. The molecule has 78 valence electrons. The van der Waals surface area contributed by atoms with E-state index in [1.807, 2.05) is 6.07 Å². The highest BCUT2D eigenvalue weighted by atomic mass is 127. The summed E-state index contributed by atoms with van der Waals surface area (Å²) in [7, 11) is 0. The predicted octanol–water partition coefficient (Wildman–Crippen LogP) is 3.68. The van der Waals surface area contributed by atoms with Crippen molar-refractivity contribution in [2.75, 3.05) is 0 Å². The third kappa shape index (κ3) is 2.55. The fraction of sp³-hybridized carbons (Fsp3) is 0.273. The zero-order valence-corrected chi connectivity index (χ0v) is 11.3. The van der Waals surface area contributed by atoms with Gasteiger partial charge in [-0.05, 0) is 23.5 Å². The molecule has 0 amide bonds. The second-order valence-electron chi connectivity index (χ2n) is 3.27. The monoisotopic (exact) mass is 330 g/mol. The van der Waals surface area contributed by atoms with E-state index in [1.165, 1.54) is 17.1 Å². The molecule has 4 heteroatoms. The highest BCUT2D eigenvalue weighted by molar-refractivity contribution is 14.1. The second kappa shape index (κ2) is 5.03. The van der Waals surface area contributed by atoms with E-state index in [-0.39, 0.29) is 0 Å². The summed E-state index contributed by atoms with van der Waals surface area (Å²) in [6.07, 6.45) is 1.06. The van der Waals surface area contributed by atoms with Crippen LogP contribution in [0, 0.1) is 3.83 Å². The normalized spacial score (nSPS) is 12.7. The van der Waals surface area contributed by atoms with Crippen molar-refractivity contribution in [1.82, 2.24) is 9.36 Å². The summed E-state index contributed by atoms with van der Waals surface area (Å²) in [6.45, 7) is 2.19. The van der Waals surface area contributed by atoms with Crippen LogP contribution in [0.2, 0.25) is 0 Å². The molecule has 1 unspecified atom stereocenters. The standard InChI is InChI=1S/C11H11IN2S/c1-2-9(8-6-4-3-5-7-8)10-13-11(12)14-15-10/h3-7,9H,2H2,1H3. The molecule has 0 aliphatic heterocycles. The van der Waals surface area contributed by atoms with Gasteiger partial charge in [0.25, 0.3) is 0 Å². The molecule has 2 aromatic rings. The lowest BCUT2D eigenvalue weighted by Crippen LogP contribution is -1.98. The quantitative estimate of drug-likeness (QED) is 0.803. The van der Waals surface area contributed by atoms with Gasteiger partial charge in [0.2, 0.25) is 3.83 Å². The Kier molecular flexibility index (Phi) is 3.69. The molecule has 0 aliphatic rings. The number of hydrogen-bond donors (Lipinski definition) is 0. The molecule has 1 aromatic carbocycles. The number of rotatable bonds is 3.